The summed E-state index contributed by atoms with van der Waals surface area (Å²) in [6.45, 7) is 2.00. The molecule has 7 heteroatoms. The number of amides is 1. The van der Waals surface area contributed by atoms with Gasteiger partial charge in [-0.15, -0.1) is 0 Å². The molecule has 0 aliphatic carbocycles. The number of H-pyrrole nitrogens is 1. The Hall–Kier alpha value is -3.48. The van der Waals surface area contributed by atoms with E-state index >= 15 is 0 Å². The zero-order valence-electron chi connectivity index (χ0n) is 13.3. The summed E-state index contributed by atoms with van der Waals surface area (Å²) in [5.41, 5.74) is 4.43. The summed E-state index contributed by atoms with van der Waals surface area (Å²) < 4.78 is 0. The molecule has 0 radical (unpaired) electrons. The molecule has 0 unspecified atom stereocenters. The first-order valence-electron chi connectivity index (χ1n) is 7.75. The van der Waals surface area contributed by atoms with Crippen molar-refractivity contribution in [1.82, 2.24) is 15.5 Å². The molecule has 0 saturated carbocycles. The van der Waals surface area contributed by atoms with Gasteiger partial charge in [0.05, 0.1) is 16.7 Å². The summed E-state index contributed by atoms with van der Waals surface area (Å²) in [4.78, 5) is 22.9. The van der Waals surface area contributed by atoms with E-state index < -0.39 is 11.0 Å². The number of fused-ring (bicyclic) bond motifs is 1. The molecule has 1 atom stereocenters. The third-order valence-electron chi connectivity index (χ3n) is 4.33. The standard InChI is InChI=1S/C18H14N4O3/c1-10-5-7-11(8-6-10)16-14-15(19-18(23)17(14)21-20-16)12-3-2-4-13(9-12)22(24)25/h2-9,15H,1H3,(H,19,23)(H,20,21)/t15-/m1/s1. The van der Waals surface area contributed by atoms with E-state index in [0.717, 1.165) is 11.1 Å². The second-order valence-corrected chi connectivity index (χ2v) is 5.99. The van der Waals surface area contributed by atoms with Crippen LogP contribution in [0.15, 0.2) is 48.5 Å². The van der Waals surface area contributed by atoms with Crippen LogP contribution in [0.5, 0.6) is 0 Å². The van der Waals surface area contributed by atoms with Crippen LogP contribution in [0.3, 0.4) is 0 Å². The Morgan fingerprint density at radius 2 is 1.92 bits per heavy atom. The predicted octanol–water partition coefficient (Wildman–Crippen LogP) is 3.13. The minimum absolute atomic E-state index is 0.0134. The Morgan fingerprint density at radius 1 is 1.16 bits per heavy atom. The SMILES string of the molecule is Cc1ccc(-c2n[nH]c3c2[C@@H](c2cccc([N+](=O)[O-])c2)NC3=O)cc1. The number of hydrogen-bond donors (Lipinski definition) is 2. The number of aromatic nitrogens is 2. The third kappa shape index (κ3) is 2.46. The molecule has 0 bridgehead atoms. The highest BCUT2D eigenvalue weighted by Gasteiger charge is 2.35. The minimum atomic E-state index is -0.475. The highest BCUT2D eigenvalue weighted by atomic mass is 16.6. The van der Waals surface area contributed by atoms with Gasteiger partial charge in [0.25, 0.3) is 11.6 Å². The molecule has 2 heterocycles. The van der Waals surface area contributed by atoms with Crippen LogP contribution < -0.4 is 5.32 Å². The van der Waals surface area contributed by atoms with Crippen LogP contribution in [0.2, 0.25) is 0 Å². The van der Waals surface area contributed by atoms with Gasteiger partial charge in [0.2, 0.25) is 0 Å². The highest BCUT2D eigenvalue weighted by Crippen LogP contribution is 2.37. The number of aromatic amines is 1. The lowest BCUT2D eigenvalue weighted by molar-refractivity contribution is -0.384. The van der Waals surface area contributed by atoms with Crippen molar-refractivity contribution in [3.8, 4) is 11.3 Å². The zero-order chi connectivity index (χ0) is 17.6. The number of nitro groups is 1. The molecule has 1 amide bonds. The van der Waals surface area contributed by atoms with Gasteiger partial charge in [0.15, 0.2) is 0 Å². The fourth-order valence-electron chi connectivity index (χ4n) is 3.08. The van der Waals surface area contributed by atoms with Gasteiger partial charge in [0.1, 0.15) is 5.69 Å². The topological polar surface area (TPSA) is 101 Å². The van der Waals surface area contributed by atoms with Crippen LogP contribution in [-0.4, -0.2) is 21.0 Å². The zero-order valence-corrected chi connectivity index (χ0v) is 13.3. The first-order chi connectivity index (χ1) is 12.0. The molecular formula is C18H14N4O3. The Labute approximate surface area is 142 Å². The number of benzene rings is 2. The maximum absolute atomic E-state index is 12.3. The number of non-ortho nitro benzene ring substituents is 1. The monoisotopic (exact) mass is 334 g/mol. The second-order valence-electron chi connectivity index (χ2n) is 5.99. The van der Waals surface area contributed by atoms with Crippen molar-refractivity contribution < 1.29 is 9.72 Å². The van der Waals surface area contributed by atoms with Crippen molar-refractivity contribution in [2.45, 2.75) is 13.0 Å². The molecule has 0 spiro atoms. The largest absolute Gasteiger partial charge is 0.340 e. The van der Waals surface area contributed by atoms with Crippen molar-refractivity contribution in [3.05, 3.63) is 81.0 Å². The number of nitrogens with zero attached hydrogens (tertiary/aromatic N) is 2. The van der Waals surface area contributed by atoms with Gasteiger partial charge >= 0.3 is 0 Å². The van der Waals surface area contributed by atoms with E-state index in [9.17, 15) is 14.9 Å². The molecular weight excluding hydrogens is 320 g/mol. The molecule has 0 fully saturated rings. The summed E-state index contributed by atoms with van der Waals surface area (Å²) in [6, 6.07) is 13.6. The molecule has 7 nitrogen and oxygen atoms in total. The molecule has 0 saturated heterocycles. The predicted molar refractivity (Wildman–Crippen MR) is 91.2 cm³/mol. The van der Waals surface area contributed by atoms with Gasteiger partial charge in [0, 0.05) is 23.3 Å². The van der Waals surface area contributed by atoms with Gasteiger partial charge in [-0.1, -0.05) is 42.0 Å². The molecule has 1 aliphatic heterocycles. The fourth-order valence-corrected chi connectivity index (χ4v) is 3.08. The van der Waals surface area contributed by atoms with Crippen LogP contribution in [0.25, 0.3) is 11.3 Å². The maximum atomic E-state index is 12.3. The van der Waals surface area contributed by atoms with Crippen LogP contribution in [0.4, 0.5) is 5.69 Å². The lowest BCUT2D eigenvalue weighted by atomic mass is 9.96. The summed E-state index contributed by atoms with van der Waals surface area (Å²) in [5, 5.41) is 21.0. The van der Waals surface area contributed by atoms with Crippen LogP contribution >= 0.6 is 0 Å². The van der Waals surface area contributed by atoms with Gasteiger partial charge in [-0.05, 0) is 12.5 Å². The smallest absolute Gasteiger partial charge is 0.270 e. The molecule has 1 aliphatic rings. The number of aryl methyl sites for hydroxylation is 1. The lowest BCUT2D eigenvalue weighted by Gasteiger charge is -2.13. The Kier molecular flexibility index (Phi) is 3.35. The molecule has 1 aromatic heterocycles. The van der Waals surface area contributed by atoms with E-state index in [1.807, 2.05) is 31.2 Å². The molecule has 3 aromatic rings. The van der Waals surface area contributed by atoms with Crippen molar-refractivity contribution >= 4 is 11.6 Å². The average Bonchev–Trinajstić information content (AvgIpc) is 3.17. The minimum Gasteiger partial charge on any atom is -0.340 e. The van der Waals surface area contributed by atoms with Gasteiger partial charge in [-0.25, -0.2) is 0 Å². The number of carbonyl (C=O) groups is 1. The molecule has 25 heavy (non-hydrogen) atoms. The third-order valence-corrected chi connectivity index (χ3v) is 4.33. The van der Waals surface area contributed by atoms with Crippen LogP contribution in [-0.2, 0) is 0 Å². The fraction of sp³-hybridized carbons (Fsp3) is 0.111. The Balaban J connectivity index is 1.84. The number of carbonyl (C=O) groups excluding carboxylic acids is 1. The van der Waals surface area contributed by atoms with E-state index in [1.165, 1.54) is 12.1 Å². The second kappa shape index (κ2) is 5.55. The number of rotatable bonds is 3. The molecule has 4 rings (SSSR count). The number of hydrogen-bond acceptors (Lipinski definition) is 4. The van der Waals surface area contributed by atoms with E-state index in [-0.39, 0.29) is 11.6 Å². The van der Waals surface area contributed by atoms with E-state index in [2.05, 4.69) is 15.5 Å². The first kappa shape index (κ1) is 15.1. The van der Waals surface area contributed by atoms with Gasteiger partial charge in [-0.2, -0.15) is 5.10 Å². The van der Waals surface area contributed by atoms with E-state index in [4.69, 9.17) is 0 Å². The van der Waals surface area contributed by atoms with Gasteiger partial charge in [-0.3, -0.25) is 20.0 Å². The molecule has 124 valence electrons. The first-order valence-corrected chi connectivity index (χ1v) is 7.75. The lowest BCUT2D eigenvalue weighted by Crippen LogP contribution is -2.21. The number of nitrogens with one attached hydrogen (secondary N) is 2. The molecule has 2 aromatic carbocycles. The highest BCUT2D eigenvalue weighted by molar-refractivity contribution is 6.00. The van der Waals surface area contributed by atoms with Crippen molar-refractivity contribution in [2.24, 2.45) is 0 Å². The average molecular weight is 334 g/mol. The van der Waals surface area contributed by atoms with Crippen molar-refractivity contribution in [2.75, 3.05) is 0 Å². The Morgan fingerprint density at radius 3 is 2.64 bits per heavy atom. The quantitative estimate of drug-likeness (QED) is 0.567. The van der Waals surface area contributed by atoms with Crippen molar-refractivity contribution in [3.63, 3.8) is 0 Å². The number of nitro benzene ring substituents is 1. The maximum Gasteiger partial charge on any atom is 0.270 e. The molecule has 2 N–H and O–H groups in total. The van der Waals surface area contributed by atoms with Crippen LogP contribution in [0, 0.1) is 17.0 Å². The van der Waals surface area contributed by atoms with E-state index in [1.54, 1.807) is 12.1 Å². The van der Waals surface area contributed by atoms with Crippen LogP contribution in [0.1, 0.15) is 33.2 Å². The van der Waals surface area contributed by atoms with Crippen molar-refractivity contribution in [1.29, 1.82) is 0 Å². The Bertz CT molecular complexity index is 992. The van der Waals surface area contributed by atoms with Gasteiger partial charge < -0.3 is 5.32 Å². The summed E-state index contributed by atoms with van der Waals surface area (Å²) in [7, 11) is 0. The summed E-state index contributed by atoms with van der Waals surface area (Å²) in [5.74, 6) is -0.266. The summed E-state index contributed by atoms with van der Waals surface area (Å²) in [6.07, 6.45) is 0. The summed E-state index contributed by atoms with van der Waals surface area (Å²) >= 11 is 0. The van der Waals surface area contributed by atoms with E-state index in [0.29, 0.717) is 22.5 Å². The normalized spacial score (nSPS) is 15.7.